The lowest BCUT2D eigenvalue weighted by atomic mass is 9.86. The van der Waals surface area contributed by atoms with Gasteiger partial charge in [-0.3, -0.25) is 0 Å². The highest BCUT2D eigenvalue weighted by Crippen LogP contribution is 2.48. The van der Waals surface area contributed by atoms with Gasteiger partial charge in [0.15, 0.2) is 11.5 Å². The van der Waals surface area contributed by atoms with Gasteiger partial charge in [-0.25, -0.2) is 0 Å². The molecule has 2 aliphatic rings. The summed E-state index contributed by atoms with van der Waals surface area (Å²) in [5, 5.41) is 10.0. The first-order valence-corrected chi connectivity index (χ1v) is 5.70. The molecule has 16 heavy (non-hydrogen) atoms. The summed E-state index contributed by atoms with van der Waals surface area (Å²) in [5.41, 5.74) is 2.20. The Morgan fingerprint density at radius 2 is 1.81 bits per heavy atom. The maximum absolute atomic E-state index is 10.0. The topological polar surface area (TPSA) is 38.7 Å². The Hall–Kier alpha value is -1.22. The number of fused-ring (bicyclic) bond motifs is 2. The lowest BCUT2D eigenvalue weighted by Gasteiger charge is -2.23. The minimum Gasteiger partial charge on any atom is -0.486 e. The molecule has 1 atom stereocenters. The number of aliphatic hydroxyl groups excluding tert-OH is 1. The van der Waals surface area contributed by atoms with Crippen LogP contribution in [0.5, 0.6) is 11.5 Å². The lowest BCUT2D eigenvalue weighted by molar-refractivity contribution is 0.159. The van der Waals surface area contributed by atoms with Crippen molar-refractivity contribution in [1.82, 2.24) is 0 Å². The minimum atomic E-state index is -0.374. The fourth-order valence-electron chi connectivity index (χ4n) is 2.67. The Labute approximate surface area is 95.0 Å². The maximum Gasteiger partial charge on any atom is 0.161 e. The summed E-state index contributed by atoms with van der Waals surface area (Å²) < 4.78 is 11.1. The van der Waals surface area contributed by atoms with Crippen LogP contribution >= 0.6 is 0 Å². The largest absolute Gasteiger partial charge is 0.486 e. The number of rotatable bonds is 0. The molecule has 1 aliphatic heterocycles. The van der Waals surface area contributed by atoms with Gasteiger partial charge in [0, 0.05) is 0 Å². The molecule has 1 aliphatic carbocycles. The van der Waals surface area contributed by atoms with Crippen LogP contribution < -0.4 is 9.47 Å². The Morgan fingerprint density at radius 3 is 2.50 bits per heavy atom. The highest BCUT2D eigenvalue weighted by Gasteiger charge is 2.37. The predicted octanol–water partition coefficient (Wildman–Crippen LogP) is 2.17. The molecular weight excluding hydrogens is 204 g/mol. The molecule has 0 fully saturated rings. The second-order valence-corrected chi connectivity index (χ2v) is 5.19. The van der Waals surface area contributed by atoms with Crippen molar-refractivity contribution in [2.24, 2.45) is 0 Å². The number of hydrogen-bond donors (Lipinski definition) is 1. The third-order valence-electron chi connectivity index (χ3n) is 3.51. The first-order chi connectivity index (χ1) is 7.58. The van der Waals surface area contributed by atoms with Crippen molar-refractivity contribution >= 4 is 0 Å². The van der Waals surface area contributed by atoms with E-state index in [4.69, 9.17) is 9.47 Å². The summed E-state index contributed by atoms with van der Waals surface area (Å²) in [5.74, 6) is 1.58. The van der Waals surface area contributed by atoms with Gasteiger partial charge in [-0.15, -0.1) is 0 Å². The monoisotopic (exact) mass is 220 g/mol. The standard InChI is InChI=1S/C13H16O3/c1-13(2)7-10(14)8-5-11-12(6-9(8)13)16-4-3-15-11/h5-6,10,14H,3-4,7H2,1-2H3. The van der Waals surface area contributed by atoms with Crippen molar-refractivity contribution in [2.75, 3.05) is 13.2 Å². The van der Waals surface area contributed by atoms with Gasteiger partial charge in [-0.05, 0) is 35.1 Å². The second-order valence-electron chi connectivity index (χ2n) is 5.19. The molecule has 1 aromatic rings. The van der Waals surface area contributed by atoms with E-state index in [9.17, 15) is 5.11 Å². The van der Waals surface area contributed by atoms with Crippen LogP contribution in [0.4, 0.5) is 0 Å². The van der Waals surface area contributed by atoms with Crippen molar-refractivity contribution < 1.29 is 14.6 Å². The van der Waals surface area contributed by atoms with Crippen LogP contribution in [0.25, 0.3) is 0 Å². The SMILES string of the molecule is CC1(C)CC(O)c2cc3c(cc21)OCCO3. The van der Waals surface area contributed by atoms with Gasteiger partial charge in [0.2, 0.25) is 0 Å². The molecule has 0 amide bonds. The molecule has 1 aromatic carbocycles. The first kappa shape index (κ1) is 9.97. The molecule has 1 unspecified atom stereocenters. The van der Waals surface area contributed by atoms with Crippen LogP contribution in [0.1, 0.15) is 37.5 Å². The van der Waals surface area contributed by atoms with Crippen LogP contribution in [-0.2, 0) is 5.41 Å². The molecule has 0 radical (unpaired) electrons. The van der Waals surface area contributed by atoms with Crippen LogP contribution in [0.15, 0.2) is 12.1 Å². The maximum atomic E-state index is 10.0. The van der Waals surface area contributed by atoms with Crippen LogP contribution in [0, 0.1) is 0 Å². The summed E-state index contributed by atoms with van der Waals surface area (Å²) in [6, 6.07) is 3.96. The fraction of sp³-hybridized carbons (Fsp3) is 0.538. The predicted molar refractivity (Wildman–Crippen MR) is 60.0 cm³/mol. The zero-order chi connectivity index (χ0) is 11.3. The zero-order valence-corrected chi connectivity index (χ0v) is 9.62. The Morgan fingerprint density at radius 1 is 1.19 bits per heavy atom. The quantitative estimate of drug-likeness (QED) is 0.728. The molecule has 0 spiro atoms. The molecular formula is C13H16O3. The van der Waals surface area contributed by atoms with Gasteiger partial charge in [0.25, 0.3) is 0 Å². The van der Waals surface area contributed by atoms with E-state index in [1.807, 2.05) is 12.1 Å². The molecule has 0 saturated heterocycles. The van der Waals surface area contributed by atoms with Gasteiger partial charge in [0.05, 0.1) is 6.10 Å². The summed E-state index contributed by atoms with van der Waals surface area (Å²) >= 11 is 0. The van der Waals surface area contributed by atoms with E-state index in [1.165, 1.54) is 5.56 Å². The number of ether oxygens (including phenoxy) is 2. The van der Waals surface area contributed by atoms with E-state index in [2.05, 4.69) is 13.8 Å². The normalized spacial score (nSPS) is 25.3. The van der Waals surface area contributed by atoms with E-state index in [1.54, 1.807) is 0 Å². The van der Waals surface area contributed by atoms with Gasteiger partial charge in [-0.1, -0.05) is 13.8 Å². The van der Waals surface area contributed by atoms with Gasteiger partial charge < -0.3 is 14.6 Å². The average molecular weight is 220 g/mol. The smallest absolute Gasteiger partial charge is 0.161 e. The first-order valence-electron chi connectivity index (χ1n) is 5.70. The molecule has 0 aromatic heterocycles. The van der Waals surface area contributed by atoms with E-state index in [-0.39, 0.29) is 11.5 Å². The van der Waals surface area contributed by atoms with Crippen LogP contribution in [0.2, 0.25) is 0 Å². The van der Waals surface area contributed by atoms with E-state index in [0.29, 0.717) is 13.2 Å². The van der Waals surface area contributed by atoms with Gasteiger partial charge in [0.1, 0.15) is 13.2 Å². The molecule has 3 rings (SSSR count). The van der Waals surface area contributed by atoms with E-state index >= 15 is 0 Å². The van der Waals surface area contributed by atoms with E-state index < -0.39 is 0 Å². The van der Waals surface area contributed by atoms with Gasteiger partial charge >= 0.3 is 0 Å². The molecule has 0 bridgehead atoms. The van der Waals surface area contributed by atoms with Crippen molar-refractivity contribution in [3.63, 3.8) is 0 Å². The summed E-state index contributed by atoms with van der Waals surface area (Å²) in [6.45, 7) is 5.50. The molecule has 3 nitrogen and oxygen atoms in total. The Balaban J connectivity index is 2.16. The summed E-state index contributed by atoms with van der Waals surface area (Å²) in [4.78, 5) is 0. The lowest BCUT2D eigenvalue weighted by Crippen LogP contribution is -2.17. The number of benzene rings is 1. The Bertz CT molecular complexity index is 437. The fourth-order valence-corrected chi connectivity index (χ4v) is 2.67. The van der Waals surface area contributed by atoms with Gasteiger partial charge in [-0.2, -0.15) is 0 Å². The summed E-state index contributed by atoms with van der Waals surface area (Å²) in [7, 11) is 0. The second kappa shape index (κ2) is 3.14. The third-order valence-corrected chi connectivity index (χ3v) is 3.51. The zero-order valence-electron chi connectivity index (χ0n) is 9.62. The van der Waals surface area contributed by atoms with Crippen LogP contribution in [0.3, 0.4) is 0 Å². The number of hydrogen-bond acceptors (Lipinski definition) is 3. The highest BCUT2D eigenvalue weighted by molar-refractivity contribution is 5.53. The van der Waals surface area contributed by atoms with Crippen molar-refractivity contribution in [3.8, 4) is 11.5 Å². The number of aliphatic hydroxyl groups is 1. The highest BCUT2D eigenvalue weighted by atomic mass is 16.6. The minimum absolute atomic E-state index is 0.0184. The molecule has 0 saturated carbocycles. The van der Waals surface area contributed by atoms with Crippen molar-refractivity contribution in [2.45, 2.75) is 31.8 Å². The molecule has 1 N–H and O–H groups in total. The Kier molecular flexibility index (Phi) is 1.96. The average Bonchev–Trinajstić information content (AvgIpc) is 2.47. The van der Waals surface area contributed by atoms with Crippen LogP contribution in [-0.4, -0.2) is 18.3 Å². The van der Waals surface area contributed by atoms with Crippen molar-refractivity contribution in [3.05, 3.63) is 23.3 Å². The summed E-state index contributed by atoms with van der Waals surface area (Å²) in [6.07, 6.45) is 0.395. The third kappa shape index (κ3) is 1.31. The van der Waals surface area contributed by atoms with E-state index in [0.717, 1.165) is 23.5 Å². The molecule has 1 heterocycles. The molecule has 86 valence electrons. The van der Waals surface area contributed by atoms with Crippen molar-refractivity contribution in [1.29, 1.82) is 0 Å². The molecule has 3 heteroatoms.